The molecule has 0 spiro atoms. The Morgan fingerprint density at radius 3 is 2.70 bits per heavy atom. The molecular weight excluding hydrogens is 398 g/mol. The van der Waals surface area contributed by atoms with Gasteiger partial charge in [0.25, 0.3) is 0 Å². The Bertz CT molecular complexity index is 909. The summed E-state index contributed by atoms with van der Waals surface area (Å²) in [5, 5.41) is 6.24. The molecule has 0 bridgehead atoms. The van der Waals surface area contributed by atoms with Crippen LogP contribution in [0.15, 0.2) is 41.3 Å². The molecule has 1 atom stereocenters. The molecule has 0 radical (unpaired) electrons. The topological polar surface area (TPSA) is 67.4 Å². The second-order valence-electron chi connectivity index (χ2n) is 6.04. The van der Waals surface area contributed by atoms with Gasteiger partial charge in [-0.15, -0.1) is 12.4 Å². The maximum Gasteiger partial charge on any atom is 0.178 e. The highest BCUT2D eigenvalue weighted by molar-refractivity contribution is 7.91. The van der Waals surface area contributed by atoms with Crippen molar-refractivity contribution in [1.82, 2.24) is 5.32 Å². The Balaban J connectivity index is 0.00000261. The molecule has 1 aliphatic heterocycles. The van der Waals surface area contributed by atoms with Gasteiger partial charge in [0.15, 0.2) is 21.4 Å². The third kappa shape index (κ3) is 4.88. The van der Waals surface area contributed by atoms with Gasteiger partial charge in [-0.25, -0.2) is 17.2 Å². The number of fused-ring (bicyclic) bond motifs is 1. The normalized spacial score (nSPS) is 17.5. The van der Waals surface area contributed by atoms with Crippen LogP contribution in [0.4, 0.5) is 14.5 Å². The molecule has 5 nitrogen and oxygen atoms in total. The average molecular weight is 419 g/mol. The highest BCUT2D eigenvalue weighted by Crippen LogP contribution is 2.33. The van der Waals surface area contributed by atoms with E-state index < -0.39 is 21.5 Å². The molecular formula is C18H21ClF2N2O3S. The lowest BCUT2D eigenvalue weighted by Gasteiger charge is -2.27. The maximum absolute atomic E-state index is 13.5. The Morgan fingerprint density at radius 1 is 1.19 bits per heavy atom. The molecule has 0 amide bonds. The van der Waals surface area contributed by atoms with E-state index in [9.17, 15) is 17.2 Å². The predicted octanol–water partition coefficient (Wildman–Crippen LogP) is 3.32. The van der Waals surface area contributed by atoms with Gasteiger partial charge in [-0.3, -0.25) is 0 Å². The van der Waals surface area contributed by atoms with Gasteiger partial charge in [-0.2, -0.15) is 0 Å². The SMILES string of the molecule is CNc1ccc2c(c1)[C@H](NCCOc1cc(F)ccc1F)CCS2(=O)=O.Cl. The van der Waals surface area contributed by atoms with Crippen molar-refractivity contribution < 1.29 is 21.9 Å². The zero-order valence-corrected chi connectivity index (χ0v) is 16.3. The Kier molecular flexibility index (Phi) is 7.02. The van der Waals surface area contributed by atoms with Crippen molar-refractivity contribution in [3.63, 3.8) is 0 Å². The Hall–Kier alpha value is -1.90. The number of anilines is 1. The number of hydrogen-bond donors (Lipinski definition) is 2. The zero-order valence-electron chi connectivity index (χ0n) is 14.7. The lowest BCUT2D eigenvalue weighted by Crippen LogP contribution is -2.32. The number of halogens is 3. The number of nitrogens with one attached hydrogen (secondary N) is 2. The smallest absolute Gasteiger partial charge is 0.178 e. The average Bonchev–Trinajstić information content (AvgIpc) is 2.62. The van der Waals surface area contributed by atoms with Crippen LogP contribution >= 0.6 is 12.4 Å². The third-order valence-electron chi connectivity index (χ3n) is 4.33. The fourth-order valence-corrected chi connectivity index (χ4v) is 4.59. The largest absolute Gasteiger partial charge is 0.489 e. The van der Waals surface area contributed by atoms with Crippen LogP contribution in [-0.2, 0) is 9.84 Å². The summed E-state index contributed by atoms with van der Waals surface area (Å²) in [4.78, 5) is 0.331. The molecule has 0 fully saturated rings. The van der Waals surface area contributed by atoms with Gasteiger partial charge < -0.3 is 15.4 Å². The van der Waals surface area contributed by atoms with E-state index in [-0.39, 0.29) is 36.6 Å². The van der Waals surface area contributed by atoms with Gasteiger partial charge in [0.1, 0.15) is 12.4 Å². The second kappa shape index (κ2) is 8.86. The molecule has 3 rings (SSSR count). The quantitative estimate of drug-likeness (QED) is 0.704. The van der Waals surface area contributed by atoms with Crippen LogP contribution in [0.1, 0.15) is 18.0 Å². The summed E-state index contributed by atoms with van der Waals surface area (Å²) in [6.07, 6.45) is 0.441. The summed E-state index contributed by atoms with van der Waals surface area (Å²) in [6.45, 7) is 0.495. The van der Waals surface area contributed by atoms with Crippen LogP contribution in [0.5, 0.6) is 5.75 Å². The zero-order chi connectivity index (χ0) is 18.7. The molecule has 2 N–H and O–H groups in total. The van der Waals surface area contributed by atoms with E-state index in [2.05, 4.69) is 10.6 Å². The van der Waals surface area contributed by atoms with E-state index in [0.717, 1.165) is 23.9 Å². The highest BCUT2D eigenvalue weighted by atomic mass is 35.5. The molecule has 2 aromatic carbocycles. The van der Waals surface area contributed by atoms with Crippen LogP contribution in [0.3, 0.4) is 0 Å². The molecule has 1 aliphatic rings. The van der Waals surface area contributed by atoms with E-state index in [1.54, 1.807) is 19.2 Å². The van der Waals surface area contributed by atoms with Gasteiger partial charge in [0.2, 0.25) is 0 Å². The maximum atomic E-state index is 13.5. The molecule has 9 heteroatoms. The van der Waals surface area contributed by atoms with E-state index in [1.165, 1.54) is 0 Å². The molecule has 1 heterocycles. The molecule has 148 valence electrons. The molecule has 0 saturated heterocycles. The van der Waals surface area contributed by atoms with E-state index in [4.69, 9.17) is 4.74 Å². The van der Waals surface area contributed by atoms with Crippen molar-refractivity contribution in [1.29, 1.82) is 0 Å². The Labute approximate surface area is 163 Å². The minimum absolute atomic E-state index is 0. The second-order valence-corrected chi connectivity index (χ2v) is 8.12. The summed E-state index contributed by atoms with van der Waals surface area (Å²) in [6, 6.07) is 8.05. The minimum Gasteiger partial charge on any atom is -0.489 e. The fourth-order valence-electron chi connectivity index (χ4n) is 2.99. The fraction of sp³-hybridized carbons (Fsp3) is 0.333. The monoisotopic (exact) mass is 418 g/mol. The number of hydrogen-bond acceptors (Lipinski definition) is 5. The van der Waals surface area contributed by atoms with Crippen molar-refractivity contribution in [3.05, 3.63) is 53.6 Å². The number of benzene rings is 2. The molecule has 2 aromatic rings. The summed E-state index contributed by atoms with van der Waals surface area (Å²) in [5.41, 5.74) is 1.53. The van der Waals surface area contributed by atoms with Gasteiger partial charge in [0, 0.05) is 31.4 Å². The predicted molar refractivity (Wildman–Crippen MR) is 103 cm³/mol. The first-order valence-electron chi connectivity index (χ1n) is 8.26. The van der Waals surface area contributed by atoms with Crippen LogP contribution in [-0.4, -0.2) is 34.4 Å². The number of ether oxygens (including phenoxy) is 1. The van der Waals surface area contributed by atoms with E-state index in [1.807, 2.05) is 6.07 Å². The first-order valence-corrected chi connectivity index (χ1v) is 9.91. The molecule has 0 aliphatic carbocycles. The summed E-state index contributed by atoms with van der Waals surface area (Å²) in [7, 11) is -1.51. The summed E-state index contributed by atoms with van der Waals surface area (Å²) >= 11 is 0. The van der Waals surface area contributed by atoms with Crippen molar-refractivity contribution in [3.8, 4) is 5.75 Å². The molecule has 0 aromatic heterocycles. The lowest BCUT2D eigenvalue weighted by atomic mass is 10.0. The van der Waals surface area contributed by atoms with Crippen molar-refractivity contribution in [2.24, 2.45) is 0 Å². The first-order chi connectivity index (χ1) is 12.4. The third-order valence-corrected chi connectivity index (χ3v) is 6.14. The summed E-state index contributed by atoms with van der Waals surface area (Å²) < 4.78 is 56.4. The molecule has 27 heavy (non-hydrogen) atoms. The van der Waals surface area contributed by atoms with E-state index >= 15 is 0 Å². The van der Waals surface area contributed by atoms with Gasteiger partial charge in [-0.05, 0) is 42.3 Å². The number of sulfone groups is 1. The van der Waals surface area contributed by atoms with Gasteiger partial charge in [-0.1, -0.05) is 0 Å². The minimum atomic E-state index is -3.27. The highest BCUT2D eigenvalue weighted by Gasteiger charge is 2.30. The van der Waals surface area contributed by atoms with E-state index in [0.29, 0.717) is 23.4 Å². The van der Waals surface area contributed by atoms with Crippen LogP contribution in [0.2, 0.25) is 0 Å². The first kappa shape index (κ1) is 21.4. The Morgan fingerprint density at radius 2 is 1.96 bits per heavy atom. The van der Waals surface area contributed by atoms with Gasteiger partial charge >= 0.3 is 0 Å². The van der Waals surface area contributed by atoms with Crippen LogP contribution in [0, 0.1) is 11.6 Å². The van der Waals surface area contributed by atoms with Crippen molar-refractivity contribution >= 4 is 27.9 Å². The van der Waals surface area contributed by atoms with Crippen molar-refractivity contribution in [2.45, 2.75) is 17.4 Å². The standard InChI is InChI=1S/C18H20F2N2O3S.ClH/c1-21-13-3-5-18-14(11-13)16(6-9-26(18,23)24)22-7-8-25-17-10-12(19)2-4-15(17)20;/h2-5,10-11,16,21-22H,6-9H2,1H3;1H/t16-;/m1./s1. The van der Waals surface area contributed by atoms with Gasteiger partial charge in [0.05, 0.1) is 10.6 Å². The van der Waals surface area contributed by atoms with Crippen molar-refractivity contribution in [2.75, 3.05) is 31.3 Å². The van der Waals surface area contributed by atoms with Crippen LogP contribution < -0.4 is 15.4 Å². The molecule has 0 saturated carbocycles. The molecule has 0 unspecified atom stereocenters. The van der Waals surface area contributed by atoms with Crippen LogP contribution in [0.25, 0.3) is 0 Å². The summed E-state index contributed by atoms with van der Waals surface area (Å²) in [5.74, 6) is -1.27. The number of rotatable bonds is 6. The lowest BCUT2D eigenvalue weighted by molar-refractivity contribution is 0.288.